The Hall–Kier alpha value is -1.13. The molecular weight excluding hydrogens is 128 g/mol. The van der Waals surface area contributed by atoms with E-state index in [1.165, 1.54) is 0 Å². The minimum absolute atomic E-state index is 0.521. The van der Waals surface area contributed by atoms with Gasteiger partial charge in [0.25, 0.3) is 0 Å². The molecule has 0 fully saturated rings. The average molecular weight is 138 g/mol. The van der Waals surface area contributed by atoms with E-state index in [0.29, 0.717) is 12.4 Å². The van der Waals surface area contributed by atoms with Gasteiger partial charge in [0.2, 0.25) is 0 Å². The molecule has 0 radical (unpaired) electrons. The normalized spacial score (nSPS) is 9.70. The summed E-state index contributed by atoms with van der Waals surface area (Å²) in [5.74, 6) is 5.60. The molecule has 1 rings (SSSR count). The summed E-state index contributed by atoms with van der Waals surface area (Å²) in [6.45, 7) is 0.547. The van der Waals surface area contributed by atoms with E-state index in [4.69, 9.17) is 11.6 Å². The largest absolute Gasteiger partial charge is 0.384 e. The summed E-state index contributed by atoms with van der Waals surface area (Å²) in [4.78, 5) is 4.00. The van der Waals surface area contributed by atoms with Gasteiger partial charge < -0.3 is 5.73 Å². The summed E-state index contributed by atoms with van der Waals surface area (Å²) in [5.41, 5.74) is 8.75. The predicted molar refractivity (Wildman–Crippen MR) is 39.7 cm³/mol. The van der Waals surface area contributed by atoms with E-state index in [9.17, 15) is 0 Å². The summed E-state index contributed by atoms with van der Waals surface area (Å²) in [6.07, 6.45) is 0. The van der Waals surface area contributed by atoms with Crippen molar-refractivity contribution in [3.8, 4) is 0 Å². The van der Waals surface area contributed by atoms with Crippen LogP contribution < -0.4 is 17.0 Å². The van der Waals surface area contributed by atoms with Gasteiger partial charge in [-0.1, -0.05) is 6.07 Å². The molecule has 0 aliphatic rings. The standard InChI is InChI=1S/C6H10N4/c7-6-3-1-2-5(10-6)4-9-8/h1-3,9H,4,8H2,(H2,7,10). The van der Waals surface area contributed by atoms with Crippen molar-refractivity contribution in [1.29, 1.82) is 0 Å². The van der Waals surface area contributed by atoms with Crippen molar-refractivity contribution in [2.45, 2.75) is 6.54 Å². The lowest BCUT2D eigenvalue weighted by Gasteiger charge is -1.98. The van der Waals surface area contributed by atoms with Gasteiger partial charge in [0.05, 0.1) is 12.2 Å². The Morgan fingerprint density at radius 1 is 1.50 bits per heavy atom. The summed E-state index contributed by atoms with van der Waals surface area (Å²) in [6, 6.07) is 5.44. The number of nitrogens with zero attached hydrogens (tertiary/aromatic N) is 1. The van der Waals surface area contributed by atoms with Crippen LogP contribution in [0, 0.1) is 0 Å². The molecule has 0 spiro atoms. The van der Waals surface area contributed by atoms with E-state index >= 15 is 0 Å². The van der Waals surface area contributed by atoms with Crippen LogP contribution in [0.4, 0.5) is 5.82 Å². The number of nitrogens with one attached hydrogen (secondary N) is 1. The number of nitrogens with two attached hydrogens (primary N) is 2. The van der Waals surface area contributed by atoms with Gasteiger partial charge in [-0.15, -0.1) is 0 Å². The zero-order valence-electron chi connectivity index (χ0n) is 5.54. The molecule has 1 heterocycles. The molecule has 0 aliphatic carbocycles. The molecule has 4 heteroatoms. The fraction of sp³-hybridized carbons (Fsp3) is 0.167. The first-order valence-electron chi connectivity index (χ1n) is 2.98. The van der Waals surface area contributed by atoms with E-state index in [2.05, 4.69) is 10.4 Å². The van der Waals surface area contributed by atoms with Crippen LogP contribution in [0.1, 0.15) is 5.69 Å². The zero-order valence-corrected chi connectivity index (χ0v) is 5.54. The molecule has 4 nitrogen and oxygen atoms in total. The first-order chi connectivity index (χ1) is 4.83. The summed E-state index contributed by atoms with van der Waals surface area (Å²) >= 11 is 0. The highest BCUT2D eigenvalue weighted by Crippen LogP contribution is 1.98. The smallest absolute Gasteiger partial charge is 0.123 e. The SMILES string of the molecule is NNCc1cccc(N)n1. The van der Waals surface area contributed by atoms with Crippen LogP contribution in [0.25, 0.3) is 0 Å². The quantitative estimate of drug-likeness (QED) is 0.385. The Balaban J connectivity index is 2.75. The lowest BCUT2D eigenvalue weighted by molar-refractivity contribution is 0.724. The van der Waals surface area contributed by atoms with Crippen molar-refractivity contribution in [1.82, 2.24) is 10.4 Å². The average Bonchev–Trinajstić information content (AvgIpc) is 1.88. The zero-order chi connectivity index (χ0) is 7.40. The molecule has 0 saturated heterocycles. The van der Waals surface area contributed by atoms with E-state index in [-0.39, 0.29) is 0 Å². The van der Waals surface area contributed by atoms with Crippen LogP contribution in [0.2, 0.25) is 0 Å². The van der Waals surface area contributed by atoms with E-state index in [1.807, 2.05) is 12.1 Å². The van der Waals surface area contributed by atoms with Crippen molar-refractivity contribution in [3.05, 3.63) is 23.9 Å². The van der Waals surface area contributed by atoms with Crippen LogP contribution >= 0.6 is 0 Å². The van der Waals surface area contributed by atoms with Crippen LogP contribution in [-0.2, 0) is 6.54 Å². The van der Waals surface area contributed by atoms with E-state index in [1.54, 1.807) is 6.07 Å². The Morgan fingerprint density at radius 3 is 2.90 bits per heavy atom. The van der Waals surface area contributed by atoms with Crippen LogP contribution in [-0.4, -0.2) is 4.98 Å². The van der Waals surface area contributed by atoms with Gasteiger partial charge in [-0.3, -0.25) is 11.3 Å². The number of rotatable bonds is 2. The van der Waals surface area contributed by atoms with Gasteiger partial charge in [0.15, 0.2) is 0 Å². The van der Waals surface area contributed by atoms with Crippen LogP contribution in [0.15, 0.2) is 18.2 Å². The Kier molecular flexibility index (Phi) is 2.20. The van der Waals surface area contributed by atoms with Gasteiger partial charge in [0.1, 0.15) is 5.82 Å². The Bertz CT molecular complexity index is 211. The molecular formula is C6H10N4. The molecule has 5 N–H and O–H groups in total. The second-order valence-electron chi connectivity index (χ2n) is 1.93. The highest BCUT2D eigenvalue weighted by atomic mass is 15.2. The van der Waals surface area contributed by atoms with Crippen molar-refractivity contribution < 1.29 is 0 Å². The number of pyridine rings is 1. The second kappa shape index (κ2) is 3.14. The number of aromatic nitrogens is 1. The number of hydrogen-bond donors (Lipinski definition) is 3. The summed E-state index contributed by atoms with van der Waals surface area (Å²) in [5, 5.41) is 0. The monoisotopic (exact) mass is 138 g/mol. The Labute approximate surface area is 59.2 Å². The Morgan fingerprint density at radius 2 is 2.30 bits per heavy atom. The van der Waals surface area contributed by atoms with Crippen molar-refractivity contribution in [3.63, 3.8) is 0 Å². The molecule has 1 aromatic rings. The van der Waals surface area contributed by atoms with E-state index < -0.39 is 0 Å². The van der Waals surface area contributed by atoms with Crippen LogP contribution in [0.5, 0.6) is 0 Å². The highest BCUT2D eigenvalue weighted by Gasteiger charge is 1.90. The number of nitrogen functional groups attached to an aromatic ring is 1. The third-order valence-corrected chi connectivity index (χ3v) is 1.11. The number of hydrazine groups is 1. The van der Waals surface area contributed by atoms with Gasteiger partial charge in [-0.25, -0.2) is 4.98 Å². The fourth-order valence-electron chi connectivity index (χ4n) is 0.701. The lowest BCUT2D eigenvalue weighted by atomic mass is 10.3. The lowest BCUT2D eigenvalue weighted by Crippen LogP contribution is -2.21. The first-order valence-corrected chi connectivity index (χ1v) is 2.98. The first kappa shape index (κ1) is 6.98. The number of hydrogen-bond acceptors (Lipinski definition) is 4. The fourth-order valence-corrected chi connectivity index (χ4v) is 0.701. The third kappa shape index (κ3) is 1.68. The van der Waals surface area contributed by atoms with Crippen molar-refractivity contribution >= 4 is 5.82 Å². The maximum absolute atomic E-state index is 5.41. The highest BCUT2D eigenvalue weighted by molar-refractivity contribution is 5.28. The molecule has 0 aromatic carbocycles. The van der Waals surface area contributed by atoms with Gasteiger partial charge in [0, 0.05) is 0 Å². The molecule has 0 bridgehead atoms. The molecule has 10 heavy (non-hydrogen) atoms. The maximum atomic E-state index is 5.41. The van der Waals surface area contributed by atoms with E-state index in [0.717, 1.165) is 5.69 Å². The molecule has 0 amide bonds. The van der Waals surface area contributed by atoms with Crippen LogP contribution in [0.3, 0.4) is 0 Å². The number of anilines is 1. The molecule has 0 aliphatic heterocycles. The van der Waals surface area contributed by atoms with Crippen molar-refractivity contribution in [2.75, 3.05) is 5.73 Å². The summed E-state index contributed by atoms with van der Waals surface area (Å²) < 4.78 is 0. The third-order valence-electron chi connectivity index (χ3n) is 1.11. The van der Waals surface area contributed by atoms with Gasteiger partial charge in [-0.2, -0.15) is 0 Å². The maximum Gasteiger partial charge on any atom is 0.123 e. The topological polar surface area (TPSA) is 77.0 Å². The predicted octanol–water partition coefficient (Wildman–Crippen LogP) is -0.373. The van der Waals surface area contributed by atoms with Gasteiger partial charge >= 0.3 is 0 Å². The molecule has 1 aromatic heterocycles. The molecule has 54 valence electrons. The summed E-state index contributed by atoms with van der Waals surface area (Å²) in [7, 11) is 0. The molecule has 0 atom stereocenters. The van der Waals surface area contributed by atoms with Gasteiger partial charge in [-0.05, 0) is 12.1 Å². The molecule has 0 saturated carbocycles. The minimum atomic E-state index is 0.521. The van der Waals surface area contributed by atoms with Crippen molar-refractivity contribution in [2.24, 2.45) is 5.84 Å². The molecule has 0 unspecified atom stereocenters. The minimum Gasteiger partial charge on any atom is -0.384 e. The second-order valence-corrected chi connectivity index (χ2v) is 1.93.